The normalized spacial score (nSPS) is 10.2. The smallest absolute Gasteiger partial charge is 0.261 e. The van der Waals surface area contributed by atoms with Crippen molar-refractivity contribution in [2.24, 2.45) is 0 Å². The number of rotatable bonds is 4. The fourth-order valence-electron chi connectivity index (χ4n) is 1.06. The highest BCUT2D eigenvalue weighted by Crippen LogP contribution is 2.20. The molecule has 0 aromatic carbocycles. The van der Waals surface area contributed by atoms with Crippen LogP contribution in [0.25, 0.3) is 0 Å². The zero-order valence-electron chi connectivity index (χ0n) is 9.04. The topological polar surface area (TPSA) is 58.2 Å². The average molecular weight is 261 g/mol. The molecule has 6 heteroatoms. The Kier molecular flexibility index (Phi) is 4.76. The van der Waals surface area contributed by atoms with Gasteiger partial charge < -0.3 is 10.6 Å². The first-order valence-electron chi connectivity index (χ1n) is 4.82. The average Bonchev–Trinajstić information content (AvgIpc) is 2.60. The summed E-state index contributed by atoms with van der Waals surface area (Å²) in [6, 6.07) is 3.35. The molecule has 0 spiro atoms. The second-order valence-electron chi connectivity index (χ2n) is 3.51. The molecule has 0 aliphatic rings. The summed E-state index contributed by atoms with van der Waals surface area (Å²) < 4.78 is 0.553. The summed E-state index contributed by atoms with van der Waals surface area (Å²) in [5.74, 6) is -0.484. The van der Waals surface area contributed by atoms with Gasteiger partial charge in [-0.15, -0.1) is 11.3 Å². The van der Waals surface area contributed by atoms with Crippen LogP contribution >= 0.6 is 22.9 Å². The van der Waals surface area contributed by atoms with Crippen LogP contribution in [0.3, 0.4) is 0 Å². The van der Waals surface area contributed by atoms with Crippen LogP contribution in [0, 0.1) is 0 Å². The molecule has 1 aromatic heterocycles. The molecule has 1 rings (SSSR count). The molecule has 2 N–H and O–H groups in total. The molecule has 0 radical (unpaired) electrons. The molecule has 0 aliphatic carbocycles. The second kappa shape index (κ2) is 5.86. The van der Waals surface area contributed by atoms with Crippen LogP contribution in [0.5, 0.6) is 0 Å². The fourth-order valence-corrected chi connectivity index (χ4v) is 2.02. The third-order valence-electron chi connectivity index (χ3n) is 1.66. The molecular weight excluding hydrogens is 248 g/mol. The Hall–Kier alpha value is -1.07. The molecule has 1 aromatic rings. The molecule has 0 atom stereocenters. The zero-order valence-corrected chi connectivity index (χ0v) is 10.6. The molecule has 0 bridgehead atoms. The van der Waals surface area contributed by atoms with E-state index in [0.717, 1.165) is 0 Å². The summed E-state index contributed by atoms with van der Waals surface area (Å²) in [6.07, 6.45) is 0. The Morgan fingerprint density at radius 2 is 2.12 bits per heavy atom. The highest BCUT2D eigenvalue weighted by Gasteiger charge is 2.10. The van der Waals surface area contributed by atoms with E-state index in [1.807, 2.05) is 13.8 Å². The van der Waals surface area contributed by atoms with Crippen LogP contribution in [-0.2, 0) is 4.79 Å². The predicted molar refractivity (Wildman–Crippen MR) is 64.9 cm³/mol. The molecule has 0 saturated heterocycles. The lowest BCUT2D eigenvalue weighted by atomic mass is 10.4. The molecule has 4 nitrogen and oxygen atoms in total. The molecule has 16 heavy (non-hydrogen) atoms. The lowest BCUT2D eigenvalue weighted by Gasteiger charge is -2.08. The van der Waals surface area contributed by atoms with Gasteiger partial charge in [0.15, 0.2) is 0 Å². The SMILES string of the molecule is CC(C)NC(=O)CNC(=O)c1ccc(Cl)s1. The van der Waals surface area contributed by atoms with E-state index in [-0.39, 0.29) is 24.4 Å². The molecule has 0 aliphatic heterocycles. The van der Waals surface area contributed by atoms with E-state index in [0.29, 0.717) is 9.21 Å². The number of thiophene rings is 1. The van der Waals surface area contributed by atoms with Crippen molar-refractivity contribution in [1.29, 1.82) is 0 Å². The van der Waals surface area contributed by atoms with Crippen LogP contribution in [0.2, 0.25) is 4.34 Å². The lowest BCUT2D eigenvalue weighted by molar-refractivity contribution is -0.120. The Morgan fingerprint density at radius 1 is 1.44 bits per heavy atom. The fraction of sp³-hybridized carbons (Fsp3) is 0.400. The van der Waals surface area contributed by atoms with Gasteiger partial charge in [-0.05, 0) is 26.0 Å². The van der Waals surface area contributed by atoms with Crippen molar-refractivity contribution in [3.63, 3.8) is 0 Å². The third-order valence-corrected chi connectivity index (χ3v) is 2.89. The standard InChI is InChI=1S/C10H13ClN2O2S/c1-6(2)13-9(14)5-12-10(15)7-3-4-8(11)16-7/h3-4,6H,5H2,1-2H3,(H,12,15)(H,13,14). The molecule has 0 unspecified atom stereocenters. The number of hydrogen-bond acceptors (Lipinski definition) is 3. The van der Waals surface area contributed by atoms with Crippen LogP contribution in [0.1, 0.15) is 23.5 Å². The Balaban J connectivity index is 2.38. The van der Waals surface area contributed by atoms with Crippen LogP contribution in [0.4, 0.5) is 0 Å². The van der Waals surface area contributed by atoms with Gasteiger partial charge in [-0.3, -0.25) is 9.59 Å². The molecule has 0 saturated carbocycles. The van der Waals surface area contributed by atoms with Crippen LogP contribution < -0.4 is 10.6 Å². The first-order valence-corrected chi connectivity index (χ1v) is 6.01. The van der Waals surface area contributed by atoms with Gasteiger partial charge in [0.1, 0.15) is 0 Å². The summed E-state index contributed by atoms with van der Waals surface area (Å²) in [6.45, 7) is 3.70. The van der Waals surface area contributed by atoms with Gasteiger partial charge in [-0.1, -0.05) is 11.6 Å². The maximum absolute atomic E-state index is 11.5. The minimum absolute atomic E-state index is 0.0213. The van der Waals surface area contributed by atoms with Gasteiger partial charge in [0, 0.05) is 6.04 Å². The number of hydrogen-bond donors (Lipinski definition) is 2. The number of carbonyl (C=O) groups excluding carboxylic acids is 2. The van der Waals surface area contributed by atoms with Crippen LogP contribution in [0.15, 0.2) is 12.1 Å². The van der Waals surface area contributed by atoms with E-state index in [9.17, 15) is 9.59 Å². The van der Waals surface area contributed by atoms with E-state index in [2.05, 4.69) is 10.6 Å². The van der Waals surface area contributed by atoms with Crippen molar-refractivity contribution in [2.45, 2.75) is 19.9 Å². The molecule has 88 valence electrons. The second-order valence-corrected chi connectivity index (χ2v) is 5.22. The van der Waals surface area contributed by atoms with Crippen molar-refractivity contribution in [3.05, 3.63) is 21.3 Å². The number of halogens is 1. The van der Waals surface area contributed by atoms with Crippen molar-refractivity contribution in [1.82, 2.24) is 10.6 Å². The Morgan fingerprint density at radius 3 is 2.62 bits per heavy atom. The zero-order chi connectivity index (χ0) is 12.1. The molecule has 2 amide bonds. The highest BCUT2D eigenvalue weighted by atomic mass is 35.5. The van der Waals surface area contributed by atoms with Gasteiger partial charge in [0.25, 0.3) is 5.91 Å². The van der Waals surface area contributed by atoms with E-state index >= 15 is 0 Å². The minimum atomic E-state index is -0.282. The maximum atomic E-state index is 11.5. The number of nitrogens with one attached hydrogen (secondary N) is 2. The number of carbonyl (C=O) groups is 2. The van der Waals surface area contributed by atoms with Crippen molar-refractivity contribution >= 4 is 34.8 Å². The van der Waals surface area contributed by atoms with Crippen molar-refractivity contribution in [2.75, 3.05) is 6.54 Å². The lowest BCUT2D eigenvalue weighted by Crippen LogP contribution is -2.39. The summed E-state index contributed by atoms with van der Waals surface area (Å²) in [4.78, 5) is 23.3. The number of amides is 2. The molecule has 0 fully saturated rings. The predicted octanol–water partition coefficient (Wildman–Crippen LogP) is 1.66. The molecule has 1 heterocycles. The van der Waals surface area contributed by atoms with E-state index < -0.39 is 0 Å². The first-order chi connectivity index (χ1) is 7.49. The van der Waals surface area contributed by atoms with Gasteiger partial charge in [-0.25, -0.2) is 0 Å². The summed E-state index contributed by atoms with van der Waals surface area (Å²) in [5.41, 5.74) is 0. The minimum Gasteiger partial charge on any atom is -0.352 e. The van der Waals surface area contributed by atoms with E-state index in [1.165, 1.54) is 11.3 Å². The summed E-state index contributed by atoms with van der Waals surface area (Å²) >= 11 is 6.88. The largest absolute Gasteiger partial charge is 0.352 e. The summed E-state index contributed by atoms with van der Waals surface area (Å²) in [7, 11) is 0. The third kappa shape index (κ3) is 4.20. The van der Waals surface area contributed by atoms with Gasteiger partial charge in [-0.2, -0.15) is 0 Å². The van der Waals surface area contributed by atoms with Crippen molar-refractivity contribution < 1.29 is 9.59 Å². The Bertz CT molecular complexity index is 390. The van der Waals surface area contributed by atoms with E-state index in [1.54, 1.807) is 12.1 Å². The van der Waals surface area contributed by atoms with Gasteiger partial charge in [0.05, 0.1) is 15.8 Å². The molecular formula is C10H13ClN2O2S. The Labute approximate surface area is 103 Å². The highest BCUT2D eigenvalue weighted by molar-refractivity contribution is 7.17. The monoisotopic (exact) mass is 260 g/mol. The quantitative estimate of drug-likeness (QED) is 0.865. The van der Waals surface area contributed by atoms with E-state index in [4.69, 9.17) is 11.6 Å². The first kappa shape index (κ1) is 13.0. The van der Waals surface area contributed by atoms with Crippen LogP contribution in [-0.4, -0.2) is 24.4 Å². The van der Waals surface area contributed by atoms with Crippen molar-refractivity contribution in [3.8, 4) is 0 Å². The summed E-state index contributed by atoms with van der Waals surface area (Å²) in [5, 5.41) is 5.20. The van der Waals surface area contributed by atoms with Gasteiger partial charge in [0.2, 0.25) is 5.91 Å². The van der Waals surface area contributed by atoms with Gasteiger partial charge >= 0.3 is 0 Å². The maximum Gasteiger partial charge on any atom is 0.261 e.